The lowest BCUT2D eigenvalue weighted by atomic mass is 10.1. The van der Waals surface area contributed by atoms with Crippen molar-refractivity contribution in [2.45, 2.75) is 13.8 Å². The van der Waals surface area contributed by atoms with Crippen molar-refractivity contribution in [3.05, 3.63) is 0 Å². The van der Waals surface area contributed by atoms with Gasteiger partial charge < -0.3 is 14.3 Å². The molecule has 74 valence electrons. The van der Waals surface area contributed by atoms with E-state index in [1.165, 1.54) is 7.11 Å². The number of aldehydes is 1. The fourth-order valence-corrected chi connectivity index (χ4v) is 1.59. The van der Waals surface area contributed by atoms with Gasteiger partial charge in [-0.2, -0.15) is 0 Å². The van der Waals surface area contributed by atoms with Crippen LogP contribution in [-0.2, 0) is 19.1 Å². The predicted molar refractivity (Wildman–Crippen MR) is 44.8 cm³/mol. The van der Waals surface area contributed by atoms with E-state index in [1.807, 2.05) is 13.8 Å². The molecule has 0 N–H and O–H groups in total. The number of hydrogen-bond donors (Lipinski definition) is 0. The molecule has 0 aromatic heterocycles. The van der Waals surface area contributed by atoms with E-state index in [9.17, 15) is 9.59 Å². The Labute approximate surface area is 77.2 Å². The Morgan fingerprint density at radius 2 is 2.15 bits per heavy atom. The molecule has 1 rings (SSSR count). The predicted octanol–water partition coefficient (Wildman–Crippen LogP) is 0.605. The molecule has 4 heteroatoms. The number of methoxy groups -OCH3 is 1. The average molecular weight is 186 g/mol. The van der Waals surface area contributed by atoms with E-state index >= 15 is 0 Å². The van der Waals surface area contributed by atoms with Crippen molar-refractivity contribution in [3.8, 4) is 0 Å². The molecule has 2 atom stereocenters. The van der Waals surface area contributed by atoms with Gasteiger partial charge in [-0.15, -0.1) is 0 Å². The topological polar surface area (TPSA) is 52.6 Å². The zero-order chi connectivity index (χ0) is 10.1. The molecule has 0 heterocycles. The standard InChI is InChI=1S/C9H14O4/c1-9(2)6(4-10)7(9)8(11)13-5-12-3/h4,6-7H,5H2,1-3H3/t6-,7+/m0/s1. The van der Waals surface area contributed by atoms with Crippen LogP contribution >= 0.6 is 0 Å². The first-order valence-corrected chi connectivity index (χ1v) is 4.16. The van der Waals surface area contributed by atoms with Crippen LogP contribution in [-0.4, -0.2) is 26.2 Å². The van der Waals surface area contributed by atoms with E-state index in [4.69, 9.17) is 4.74 Å². The Kier molecular flexibility index (Phi) is 2.71. The molecule has 0 bridgehead atoms. The highest BCUT2D eigenvalue weighted by Gasteiger charge is 2.62. The molecule has 0 unspecified atom stereocenters. The third kappa shape index (κ3) is 1.72. The summed E-state index contributed by atoms with van der Waals surface area (Å²) in [5.41, 5.74) is -0.243. The third-order valence-electron chi connectivity index (χ3n) is 2.63. The Hall–Kier alpha value is -0.900. The van der Waals surface area contributed by atoms with Crippen LogP contribution in [0, 0.1) is 17.3 Å². The Morgan fingerprint density at radius 1 is 1.54 bits per heavy atom. The average Bonchev–Trinajstić information content (AvgIpc) is 2.63. The molecule has 1 saturated carbocycles. The Bertz CT molecular complexity index is 222. The smallest absolute Gasteiger partial charge is 0.312 e. The molecular weight excluding hydrogens is 172 g/mol. The van der Waals surface area contributed by atoms with Gasteiger partial charge in [-0.3, -0.25) is 4.79 Å². The number of ether oxygens (including phenoxy) is 2. The number of hydrogen-bond acceptors (Lipinski definition) is 4. The van der Waals surface area contributed by atoms with Gasteiger partial charge in [0, 0.05) is 13.0 Å². The molecule has 0 radical (unpaired) electrons. The molecule has 0 saturated heterocycles. The van der Waals surface area contributed by atoms with Crippen molar-refractivity contribution in [3.63, 3.8) is 0 Å². The molecule has 1 aliphatic rings. The van der Waals surface area contributed by atoms with Crippen LogP contribution in [0.2, 0.25) is 0 Å². The van der Waals surface area contributed by atoms with Gasteiger partial charge in [0.2, 0.25) is 0 Å². The van der Waals surface area contributed by atoms with Crippen molar-refractivity contribution in [2.24, 2.45) is 17.3 Å². The molecule has 13 heavy (non-hydrogen) atoms. The van der Waals surface area contributed by atoms with Gasteiger partial charge >= 0.3 is 5.97 Å². The second-order valence-electron chi connectivity index (χ2n) is 3.83. The van der Waals surface area contributed by atoms with Gasteiger partial charge in [-0.25, -0.2) is 0 Å². The van der Waals surface area contributed by atoms with E-state index in [2.05, 4.69) is 4.74 Å². The third-order valence-corrected chi connectivity index (χ3v) is 2.63. The number of carbonyl (C=O) groups excluding carboxylic acids is 2. The normalized spacial score (nSPS) is 29.5. The maximum Gasteiger partial charge on any atom is 0.312 e. The summed E-state index contributed by atoms with van der Waals surface area (Å²) in [5, 5.41) is 0. The maximum atomic E-state index is 11.3. The number of carbonyl (C=O) groups is 2. The summed E-state index contributed by atoms with van der Waals surface area (Å²) in [4.78, 5) is 21.8. The van der Waals surface area contributed by atoms with Gasteiger partial charge in [0.15, 0.2) is 6.79 Å². The lowest BCUT2D eigenvalue weighted by molar-refractivity contribution is -0.157. The van der Waals surface area contributed by atoms with E-state index in [1.54, 1.807) is 0 Å². The summed E-state index contributed by atoms with van der Waals surface area (Å²) >= 11 is 0. The van der Waals surface area contributed by atoms with Gasteiger partial charge in [-0.1, -0.05) is 13.8 Å². The van der Waals surface area contributed by atoms with E-state index in [0.29, 0.717) is 0 Å². The molecule has 0 aliphatic heterocycles. The quantitative estimate of drug-likeness (QED) is 0.366. The summed E-state index contributed by atoms with van der Waals surface area (Å²) in [6.45, 7) is 3.71. The highest BCUT2D eigenvalue weighted by molar-refractivity contribution is 5.84. The Morgan fingerprint density at radius 3 is 2.54 bits per heavy atom. The first-order chi connectivity index (χ1) is 6.05. The summed E-state index contributed by atoms with van der Waals surface area (Å²) < 4.78 is 9.36. The van der Waals surface area contributed by atoms with Crippen LogP contribution in [0.3, 0.4) is 0 Å². The number of rotatable bonds is 4. The summed E-state index contributed by atoms with van der Waals surface area (Å²) in [6, 6.07) is 0. The van der Waals surface area contributed by atoms with Crippen LogP contribution in [0.5, 0.6) is 0 Å². The van der Waals surface area contributed by atoms with Crippen molar-refractivity contribution >= 4 is 12.3 Å². The van der Waals surface area contributed by atoms with E-state index in [-0.39, 0.29) is 30.0 Å². The first-order valence-electron chi connectivity index (χ1n) is 4.16. The second-order valence-corrected chi connectivity index (χ2v) is 3.83. The lowest BCUT2D eigenvalue weighted by Crippen LogP contribution is -2.12. The van der Waals surface area contributed by atoms with Crippen LogP contribution in [0.15, 0.2) is 0 Å². The monoisotopic (exact) mass is 186 g/mol. The van der Waals surface area contributed by atoms with Crippen molar-refractivity contribution in [2.75, 3.05) is 13.9 Å². The summed E-state index contributed by atoms with van der Waals surface area (Å²) in [6.07, 6.45) is 0.818. The fourth-order valence-electron chi connectivity index (χ4n) is 1.59. The molecule has 0 aromatic carbocycles. The molecule has 1 fully saturated rings. The summed E-state index contributed by atoms with van der Waals surface area (Å²) in [7, 11) is 1.45. The van der Waals surface area contributed by atoms with Crippen molar-refractivity contribution < 1.29 is 19.1 Å². The minimum absolute atomic E-state index is 0.0447. The van der Waals surface area contributed by atoms with Gasteiger partial charge in [0.05, 0.1) is 5.92 Å². The zero-order valence-electron chi connectivity index (χ0n) is 8.07. The van der Waals surface area contributed by atoms with Crippen molar-refractivity contribution in [1.29, 1.82) is 0 Å². The van der Waals surface area contributed by atoms with Crippen LogP contribution in [0.1, 0.15) is 13.8 Å². The molecular formula is C9H14O4. The van der Waals surface area contributed by atoms with Crippen molar-refractivity contribution in [1.82, 2.24) is 0 Å². The highest BCUT2D eigenvalue weighted by atomic mass is 16.7. The van der Waals surface area contributed by atoms with Crippen LogP contribution < -0.4 is 0 Å². The maximum absolute atomic E-state index is 11.3. The van der Waals surface area contributed by atoms with Gasteiger partial charge in [0.1, 0.15) is 6.29 Å². The largest absolute Gasteiger partial charge is 0.438 e. The second kappa shape index (κ2) is 3.46. The highest BCUT2D eigenvalue weighted by Crippen LogP contribution is 2.57. The molecule has 1 aliphatic carbocycles. The molecule has 0 amide bonds. The fraction of sp³-hybridized carbons (Fsp3) is 0.778. The van der Waals surface area contributed by atoms with Gasteiger partial charge in [0.25, 0.3) is 0 Å². The lowest BCUT2D eigenvalue weighted by Gasteiger charge is -2.03. The first kappa shape index (κ1) is 10.2. The van der Waals surface area contributed by atoms with Crippen LogP contribution in [0.25, 0.3) is 0 Å². The van der Waals surface area contributed by atoms with Crippen LogP contribution in [0.4, 0.5) is 0 Å². The number of esters is 1. The summed E-state index contributed by atoms with van der Waals surface area (Å²) in [5.74, 6) is -0.832. The SMILES string of the molecule is COCOC(=O)[C@H]1[C@H](C=O)C1(C)C. The van der Waals surface area contributed by atoms with E-state index in [0.717, 1.165) is 6.29 Å². The molecule has 4 nitrogen and oxygen atoms in total. The molecule has 0 aromatic rings. The Balaban J connectivity index is 2.46. The minimum Gasteiger partial charge on any atom is -0.438 e. The molecule has 0 spiro atoms. The van der Waals surface area contributed by atoms with E-state index < -0.39 is 0 Å². The van der Waals surface area contributed by atoms with Gasteiger partial charge in [-0.05, 0) is 5.41 Å². The zero-order valence-corrected chi connectivity index (χ0v) is 8.07. The minimum atomic E-state index is -0.344.